The van der Waals surface area contributed by atoms with Crippen LogP contribution in [0.5, 0.6) is 0 Å². The van der Waals surface area contributed by atoms with Crippen molar-refractivity contribution in [3.05, 3.63) is 114 Å². The van der Waals surface area contributed by atoms with Gasteiger partial charge in [0.1, 0.15) is 25.1 Å². The normalized spacial score (nSPS) is 15.1. The van der Waals surface area contributed by atoms with Crippen molar-refractivity contribution in [3.63, 3.8) is 0 Å². The van der Waals surface area contributed by atoms with Crippen molar-refractivity contribution in [3.8, 4) is 12.8 Å². The fraction of sp³-hybridized carbons (Fsp3) is 0.333. The Balaban J connectivity index is -0.000000702. The first kappa shape index (κ1) is 42.9. The summed E-state index contributed by atoms with van der Waals surface area (Å²) in [6.45, 7) is 18.6. The van der Waals surface area contributed by atoms with Gasteiger partial charge in [-0.25, -0.2) is 9.18 Å². The summed E-state index contributed by atoms with van der Waals surface area (Å²) in [4.78, 5) is 24.7. The Kier molecular flexibility index (Phi) is 27.5. The molecule has 0 spiro atoms. The number of para-hydroxylation sites is 1. The van der Waals surface area contributed by atoms with Crippen molar-refractivity contribution in [1.29, 1.82) is 0 Å². The van der Waals surface area contributed by atoms with E-state index in [0.717, 1.165) is 23.1 Å². The zero-order valence-corrected chi connectivity index (χ0v) is 27.0. The molecule has 1 aliphatic rings. The Morgan fingerprint density at radius 2 is 1.67 bits per heavy atom. The maximum absolute atomic E-state index is 12.2. The number of carbonyl (C=O) groups excluding carboxylic acids is 2. The zero-order valence-electron chi connectivity index (χ0n) is 27.0. The quantitative estimate of drug-likeness (QED) is 0.128. The number of rotatable bonds is 9. The van der Waals surface area contributed by atoms with Gasteiger partial charge in [0.25, 0.3) is 0 Å². The smallest absolute Gasteiger partial charge is 0.415 e. The summed E-state index contributed by atoms with van der Waals surface area (Å²) in [6.07, 6.45) is 20.5. The minimum Gasteiger partial charge on any atom is -0.516 e. The molecule has 2 rings (SSSR count). The molecule has 1 aliphatic heterocycles. The number of halogens is 1. The number of allylic oxidation sites excluding steroid dienone is 10. The van der Waals surface area contributed by atoms with Gasteiger partial charge in [-0.3, -0.25) is 9.69 Å². The summed E-state index contributed by atoms with van der Waals surface area (Å²) < 4.78 is 16.8. The third-order valence-corrected chi connectivity index (χ3v) is 5.61. The predicted octanol–water partition coefficient (Wildman–Crippen LogP) is 9.71. The lowest BCUT2D eigenvalue weighted by molar-refractivity contribution is -0.115. The fourth-order valence-electron chi connectivity index (χ4n) is 3.31. The lowest BCUT2D eigenvalue weighted by Gasteiger charge is -2.23. The molecule has 2 N–H and O–H groups in total. The molecule has 1 unspecified atom stereocenters. The highest BCUT2D eigenvalue weighted by molar-refractivity contribution is 5.97. The first-order valence-corrected chi connectivity index (χ1v) is 14.1. The number of hydrogen-bond donors (Lipinski definition) is 2. The lowest BCUT2D eigenvalue weighted by atomic mass is 10.0. The minimum atomic E-state index is -0.520. The van der Waals surface area contributed by atoms with Crippen LogP contribution < -0.4 is 4.90 Å². The number of nitrogens with zero attached hydrogens (tertiary/aromatic N) is 1. The third kappa shape index (κ3) is 16.5. The van der Waals surface area contributed by atoms with Gasteiger partial charge in [0.2, 0.25) is 0 Å². The predicted molar refractivity (Wildman–Crippen MR) is 180 cm³/mol. The van der Waals surface area contributed by atoms with Crippen LogP contribution in [-0.4, -0.2) is 41.4 Å². The Morgan fingerprint density at radius 1 is 1.12 bits per heavy atom. The van der Waals surface area contributed by atoms with E-state index in [2.05, 4.69) is 19.4 Å². The first-order valence-electron chi connectivity index (χ1n) is 14.1. The molecule has 1 aromatic carbocycles. The molecule has 1 fully saturated rings. The van der Waals surface area contributed by atoms with Gasteiger partial charge < -0.3 is 14.9 Å². The van der Waals surface area contributed by atoms with Crippen LogP contribution in [0, 0.1) is 12.8 Å². The molecule has 1 heterocycles. The number of ether oxygens (including phenoxy) is 1. The van der Waals surface area contributed by atoms with Gasteiger partial charge in [-0.05, 0) is 64.0 Å². The molecule has 1 saturated heterocycles. The molecule has 0 saturated carbocycles. The maximum atomic E-state index is 12.2. The first-order chi connectivity index (χ1) is 20.7. The number of carbonyl (C=O) groups is 2. The van der Waals surface area contributed by atoms with Crippen LogP contribution in [-0.2, 0) is 9.53 Å². The molecule has 0 bridgehead atoms. The summed E-state index contributed by atoms with van der Waals surface area (Å²) in [5.74, 6) is 0.144. The van der Waals surface area contributed by atoms with Crippen molar-refractivity contribution in [2.75, 3.05) is 18.2 Å². The number of alkyl halides is 1. The molecule has 236 valence electrons. The minimum absolute atomic E-state index is 0.0530. The van der Waals surface area contributed by atoms with Gasteiger partial charge >= 0.3 is 6.09 Å². The van der Waals surface area contributed by atoms with Crippen molar-refractivity contribution in [1.82, 2.24) is 0 Å². The molecular weight excluding hydrogens is 545 g/mol. The highest BCUT2D eigenvalue weighted by Gasteiger charge is 2.37. The average Bonchev–Trinajstić information content (AvgIpc) is 3.44. The molecule has 1 aromatic rings. The van der Waals surface area contributed by atoms with Crippen LogP contribution in [0.4, 0.5) is 14.9 Å². The summed E-state index contributed by atoms with van der Waals surface area (Å²) >= 11 is 0. The molecular formula is C36H50FNO5. The van der Waals surface area contributed by atoms with Gasteiger partial charge in [-0.2, -0.15) is 0 Å². The topological polar surface area (TPSA) is 87.1 Å². The van der Waals surface area contributed by atoms with Crippen molar-refractivity contribution < 1.29 is 28.9 Å². The van der Waals surface area contributed by atoms with Gasteiger partial charge in [-0.15, -0.1) is 12.8 Å². The number of cyclic esters (lactones) is 1. The Morgan fingerprint density at radius 3 is 2.09 bits per heavy atom. The number of terminal acetylenes is 1. The summed E-state index contributed by atoms with van der Waals surface area (Å²) in [5, 5.41) is 18.2. The zero-order chi connectivity index (χ0) is 33.8. The van der Waals surface area contributed by atoms with E-state index in [-0.39, 0.29) is 24.2 Å². The number of ketones is 1. The van der Waals surface area contributed by atoms with E-state index in [1.54, 1.807) is 50.0 Å². The average molecular weight is 596 g/mol. The van der Waals surface area contributed by atoms with Gasteiger partial charge in [0.15, 0.2) is 5.78 Å². The fourth-order valence-corrected chi connectivity index (χ4v) is 3.31. The van der Waals surface area contributed by atoms with Gasteiger partial charge in [0, 0.05) is 23.3 Å². The Hall–Kier alpha value is -4.57. The number of hydrogen-bond acceptors (Lipinski definition) is 5. The van der Waals surface area contributed by atoms with E-state index in [1.807, 2.05) is 71.0 Å². The Labute approximate surface area is 259 Å². The highest BCUT2D eigenvalue weighted by Crippen LogP contribution is 2.30. The molecule has 0 aliphatic carbocycles. The second-order valence-corrected chi connectivity index (χ2v) is 8.13. The van der Waals surface area contributed by atoms with E-state index in [4.69, 9.17) is 9.84 Å². The summed E-state index contributed by atoms with van der Waals surface area (Å²) in [6, 6.07) is 8.92. The molecule has 0 radical (unpaired) electrons. The number of aliphatic hydroxyl groups excluding tert-OH is 2. The van der Waals surface area contributed by atoms with Crippen LogP contribution >= 0.6 is 0 Å². The Bertz CT molecular complexity index is 1150. The van der Waals surface area contributed by atoms with E-state index in [0.29, 0.717) is 17.6 Å². The van der Waals surface area contributed by atoms with Crippen molar-refractivity contribution in [2.24, 2.45) is 0 Å². The van der Waals surface area contributed by atoms with Gasteiger partial charge in [-0.1, -0.05) is 82.0 Å². The van der Waals surface area contributed by atoms with Crippen molar-refractivity contribution in [2.45, 2.75) is 67.9 Å². The second kappa shape index (κ2) is 27.6. The monoisotopic (exact) mass is 595 g/mol. The SMILES string of the molecule is C#C.C/C=C(\C=C/CF)C(=O)CC.C/C=C/O.C=C(/C=C(O)\C(=C/C)C1COC(=O)N1c1ccccc1)/C(C)=C/C.CC. The molecule has 43 heavy (non-hydrogen) atoms. The van der Waals surface area contributed by atoms with Gasteiger partial charge in [0.05, 0.1) is 6.26 Å². The second-order valence-electron chi connectivity index (χ2n) is 8.13. The van der Waals surface area contributed by atoms with Crippen LogP contribution in [0.25, 0.3) is 0 Å². The number of benzene rings is 1. The van der Waals surface area contributed by atoms with Crippen molar-refractivity contribution >= 4 is 17.6 Å². The third-order valence-electron chi connectivity index (χ3n) is 5.61. The molecule has 7 heteroatoms. The summed E-state index contributed by atoms with van der Waals surface area (Å²) in [5.41, 5.74) is 3.67. The number of anilines is 1. The summed E-state index contributed by atoms with van der Waals surface area (Å²) in [7, 11) is 0. The largest absolute Gasteiger partial charge is 0.516 e. The highest BCUT2D eigenvalue weighted by atomic mass is 19.1. The number of aliphatic hydroxyl groups is 2. The molecule has 1 amide bonds. The van der Waals surface area contributed by atoms with E-state index < -0.39 is 12.8 Å². The number of amides is 1. The van der Waals surface area contributed by atoms with Crippen LogP contribution in [0.2, 0.25) is 0 Å². The molecule has 1 atom stereocenters. The number of Topliss-reactive ketones (excluding diaryl/α,β-unsaturated/α-hetero) is 1. The lowest BCUT2D eigenvalue weighted by Crippen LogP contribution is -2.35. The van der Waals surface area contributed by atoms with E-state index in [9.17, 15) is 19.1 Å². The van der Waals surface area contributed by atoms with Crippen LogP contribution in [0.1, 0.15) is 61.8 Å². The standard InChI is InChI=1S/C20H23NO3.C9H13FO.C3H6O.C2H6.C2H2/c1-5-14(3)15(4)12-19(22)17(6-2)18-13-24-20(23)21(18)16-10-8-7-9-11-16;1-3-8(6-5-7-10)9(11)4-2;1-2-3-4;2*1-2/h5-12,18,22H,4,13H2,1-3H3;3,5-6H,4,7H2,1-2H3;2-4H,1H3;1-2H3;1-2H/b14-5+,17-6-,19-12+;6-5-,8-3+;3-2+;;. The van der Waals surface area contributed by atoms with E-state index >= 15 is 0 Å². The van der Waals surface area contributed by atoms with E-state index in [1.165, 1.54) is 12.2 Å². The van der Waals surface area contributed by atoms with Crippen LogP contribution in [0.15, 0.2) is 114 Å². The molecule has 6 nitrogen and oxygen atoms in total. The molecule has 0 aromatic heterocycles. The maximum Gasteiger partial charge on any atom is 0.415 e. The van der Waals surface area contributed by atoms with Crippen LogP contribution in [0.3, 0.4) is 0 Å².